The van der Waals surface area contributed by atoms with Crippen molar-refractivity contribution in [1.82, 2.24) is 9.47 Å². The van der Waals surface area contributed by atoms with Gasteiger partial charge in [0.1, 0.15) is 0 Å². The zero-order chi connectivity index (χ0) is 13.2. The number of anilines is 1. The summed E-state index contributed by atoms with van der Waals surface area (Å²) in [5, 5.41) is 4.52. The van der Waals surface area contributed by atoms with Gasteiger partial charge in [0.15, 0.2) is 0 Å². The normalized spacial score (nSPS) is 20.2. The maximum absolute atomic E-state index is 3.19. The fourth-order valence-electron chi connectivity index (χ4n) is 3.18. The van der Waals surface area contributed by atoms with Crippen LogP contribution in [0.4, 0.5) is 5.69 Å². The predicted molar refractivity (Wildman–Crippen MR) is 81.8 cm³/mol. The van der Waals surface area contributed by atoms with Crippen LogP contribution in [0, 0.1) is 0 Å². The minimum atomic E-state index is 0.772. The molecule has 1 aliphatic heterocycles. The Kier molecular flexibility index (Phi) is 3.47. The highest BCUT2D eigenvalue weighted by Gasteiger charge is 2.20. The standard InChI is InChI=1S/C16H23N3/c1-17-14-5-6-16-13(12-14)7-10-19(16)11-8-15-4-3-9-18(15)2/h5-7,10,12,15,17H,3-4,8-9,11H2,1-2H3. The lowest BCUT2D eigenvalue weighted by Crippen LogP contribution is -2.25. The largest absolute Gasteiger partial charge is 0.388 e. The Labute approximate surface area is 115 Å². The molecule has 1 aromatic carbocycles. The summed E-state index contributed by atoms with van der Waals surface area (Å²) in [5.74, 6) is 0. The topological polar surface area (TPSA) is 20.2 Å². The van der Waals surface area contributed by atoms with Crippen LogP contribution >= 0.6 is 0 Å². The van der Waals surface area contributed by atoms with Gasteiger partial charge in [-0.1, -0.05) is 0 Å². The molecule has 1 atom stereocenters. The molecule has 0 spiro atoms. The highest BCUT2D eigenvalue weighted by Crippen LogP contribution is 2.23. The van der Waals surface area contributed by atoms with Crippen molar-refractivity contribution in [3.05, 3.63) is 30.5 Å². The van der Waals surface area contributed by atoms with E-state index in [1.54, 1.807) is 0 Å². The Morgan fingerprint density at radius 2 is 2.21 bits per heavy atom. The van der Waals surface area contributed by atoms with Crippen molar-refractivity contribution in [2.75, 3.05) is 26.0 Å². The van der Waals surface area contributed by atoms with Gasteiger partial charge in [-0.25, -0.2) is 0 Å². The van der Waals surface area contributed by atoms with E-state index in [4.69, 9.17) is 0 Å². The molecule has 1 aliphatic rings. The molecule has 0 aliphatic carbocycles. The number of rotatable bonds is 4. The molecule has 0 bridgehead atoms. The first-order valence-electron chi connectivity index (χ1n) is 7.25. The SMILES string of the molecule is CNc1ccc2c(ccn2CCC2CCCN2C)c1. The molecular weight excluding hydrogens is 234 g/mol. The van der Waals surface area contributed by atoms with Crippen LogP contribution in [0.5, 0.6) is 0 Å². The molecule has 1 fully saturated rings. The zero-order valence-corrected chi connectivity index (χ0v) is 11.9. The minimum absolute atomic E-state index is 0.772. The number of hydrogen-bond acceptors (Lipinski definition) is 2. The minimum Gasteiger partial charge on any atom is -0.388 e. The van der Waals surface area contributed by atoms with Crippen LogP contribution in [0.15, 0.2) is 30.5 Å². The Balaban J connectivity index is 1.74. The fraction of sp³-hybridized carbons (Fsp3) is 0.500. The molecule has 1 N–H and O–H groups in total. The van der Waals surface area contributed by atoms with Crippen LogP contribution in [0.25, 0.3) is 10.9 Å². The van der Waals surface area contributed by atoms with Crippen LogP contribution in [0.1, 0.15) is 19.3 Å². The Bertz CT molecular complexity index is 558. The highest BCUT2D eigenvalue weighted by molar-refractivity contribution is 5.83. The lowest BCUT2D eigenvalue weighted by Gasteiger charge is -2.19. The lowest BCUT2D eigenvalue weighted by atomic mass is 10.1. The van der Waals surface area contributed by atoms with Gasteiger partial charge < -0.3 is 14.8 Å². The summed E-state index contributed by atoms with van der Waals surface area (Å²) in [6.45, 7) is 2.39. The number of fused-ring (bicyclic) bond motifs is 1. The van der Waals surface area contributed by atoms with Gasteiger partial charge >= 0.3 is 0 Å². The number of likely N-dealkylation sites (tertiary alicyclic amines) is 1. The first-order valence-corrected chi connectivity index (χ1v) is 7.25. The number of benzene rings is 1. The van der Waals surface area contributed by atoms with E-state index >= 15 is 0 Å². The van der Waals surface area contributed by atoms with Crippen molar-refractivity contribution in [3.63, 3.8) is 0 Å². The molecule has 3 nitrogen and oxygen atoms in total. The van der Waals surface area contributed by atoms with Crippen molar-refractivity contribution in [2.24, 2.45) is 0 Å². The predicted octanol–water partition coefficient (Wildman–Crippen LogP) is 3.17. The summed E-state index contributed by atoms with van der Waals surface area (Å²) in [7, 11) is 4.22. The van der Waals surface area contributed by atoms with Crippen LogP contribution < -0.4 is 5.32 Å². The molecule has 0 radical (unpaired) electrons. The van der Waals surface area contributed by atoms with Gasteiger partial charge in [0.25, 0.3) is 0 Å². The molecule has 3 rings (SSSR count). The van der Waals surface area contributed by atoms with E-state index < -0.39 is 0 Å². The second-order valence-electron chi connectivity index (χ2n) is 5.60. The van der Waals surface area contributed by atoms with Crippen molar-refractivity contribution in [3.8, 4) is 0 Å². The van der Waals surface area contributed by atoms with Crippen molar-refractivity contribution >= 4 is 16.6 Å². The van der Waals surface area contributed by atoms with Crippen molar-refractivity contribution in [1.29, 1.82) is 0 Å². The molecule has 3 heteroatoms. The molecule has 0 amide bonds. The number of aryl methyl sites for hydroxylation is 1. The molecule has 1 unspecified atom stereocenters. The van der Waals surface area contributed by atoms with Gasteiger partial charge in [0.2, 0.25) is 0 Å². The van der Waals surface area contributed by atoms with Gasteiger partial charge in [0.05, 0.1) is 0 Å². The van der Waals surface area contributed by atoms with E-state index in [2.05, 4.69) is 52.3 Å². The molecule has 102 valence electrons. The lowest BCUT2D eigenvalue weighted by molar-refractivity contribution is 0.287. The van der Waals surface area contributed by atoms with Gasteiger partial charge in [0, 0.05) is 42.4 Å². The molecule has 2 heterocycles. The van der Waals surface area contributed by atoms with Crippen LogP contribution in [-0.4, -0.2) is 36.1 Å². The van der Waals surface area contributed by atoms with Gasteiger partial charge in [-0.15, -0.1) is 0 Å². The van der Waals surface area contributed by atoms with E-state index in [0.29, 0.717) is 0 Å². The number of nitrogens with one attached hydrogen (secondary N) is 1. The third-order valence-electron chi connectivity index (χ3n) is 4.43. The average Bonchev–Trinajstić information content (AvgIpc) is 3.02. The second kappa shape index (κ2) is 5.25. The van der Waals surface area contributed by atoms with Crippen molar-refractivity contribution < 1.29 is 0 Å². The molecule has 2 aromatic rings. The molecule has 1 aromatic heterocycles. The average molecular weight is 257 g/mol. The number of nitrogens with zero attached hydrogens (tertiary/aromatic N) is 2. The van der Waals surface area contributed by atoms with E-state index in [-0.39, 0.29) is 0 Å². The maximum atomic E-state index is 3.19. The van der Waals surface area contributed by atoms with E-state index in [0.717, 1.165) is 12.6 Å². The first kappa shape index (κ1) is 12.5. The third kappa shape index (κ3) is 2.47. The van der Waals surface area contributed by atoms with Crippen molar-refractivity contribution in [2.45, 2.75) is 31.8 Å². The summed E-state index contributed by atoms with van der Waals surface area (Å²) in [6.07, 6.45) is 6.20. The zero-order valence-electron chi connectivity index (χ0n) is 11.9. The molecule has 19 heavy (non-hydrogen) atoms. The summed E-state index contributed by atoms with van der Waals surface area (Å²) < 4.78 is 2.39. The fourth-order valence-corrected chi connectivity index (χ4v) is 3.18. The Morgan fingerprint density at radius 3 is 2.95 bits per heavy atom. The number of hydrogen-bond donors (Lipinski definition) is 1. The summed E-state index contributed by atoms with van der Waals surface area (Å²) >= 11 is 0. The van der Waals surface area contributed by atoms with Gasteiger partial charge in [-0.05, 0) is 57.1 Å². The monoisotopic (exact) mass is 257 g/mol. The molecule has 0 saturated carbocycles. The van der Waals surface area contributed by atoms with Crippen LogP contribution in [0.2, 0.25) is 0 Å². The summed E-state index contributed by atoms with van der Waals surface area (Å²) in [6, 6.07) is 9.58. The summed E-state index contributed by atoms with van der Waals surface area (Å²) in [5.41, 5.74) is 2.53. The maximum Gasteiger partial charge on any atom is 0.0481 e. The van der Waals surface area contributed by atoms with Crippen LogP contribution in [0.3, 0.4) is 0 Å². The van der Waals surface area contributed by atoms with E-state index in [9.17, 15) is 0 Å². The van der Waals surface area contributed by atoms with Gasteiger partial charge in [-0.3, -0.25) is 0 Å². The second-order valence-corrected chi connectivity index (χ2v) is 5.60. The Morgan fingerprint density at radius 1 is 1.32 bits per heavy atom. The highest BCUT2D eigenvalue weighted by atomic mass is 15.1. The molecular formula is C16H23N3. The van der Waals surface area contributed by atoms with E-state index in [1.807, 2.05) is 7.05 Å². The summed E-state index contributed by atoms with van der Waals surface area (Å²) in [4.78, 5) is 2.50. The van der Waals surface area contributed by atoms with Crippen LogP contribution in [-0.2, 0) is 6.54 Å². The smallest absolute Gasteiger partial charge is 0.0481 e. The first-order chi connectivity index (χ1) is 9.28. The molecule has 1 saturated heterocycles. The van der Waals surface area contributed by atoms with E-state index in [1.165, 1.54) is 42.4 Å². The quantitative estimate of drug-likeness (QED) is 0.908. The Hall–Kier alpha value is -1.48. The third-order valence-corrected chi connectivity index (χ3v) is 4.43. The number of aromatic nitrogens is 1. The van der Waals surface area contributed by atoms with Gasteiger partial charge in [-0.2, -0.15) is 0 Å².